The number of nitrogens with one attached hydrogen (secondary N) is 1. The van der Waals surface area contributed by atoms with E-state index in [4.69, 9.17) is 8.83 Å². The van der Waals surface area contributed by atoms with E-state index in [-0.39, 0.29) is 11.9 Å². The van der Waals surface area contributed by atoms with Gasteiger partial charge in [0.15, 0.2) is 10.4 Å². The number of carbonyl (C=O) groups is 1. The second-order valence-corrected chi connectivity index (χ2v) is 4.54. The number of hydrogen-bond donors (Lipinski definition) is 1. The van der Waals surface area contributed by atoms with Gasteiger partial charge in [-0.25, -0.2) is 0 Å². The fourth-order valence-electron chi connectivity index (χ4n) is 1.51. The van der Waals surface area contributed by atoms with Crippen molar-refractivity contribution in [2.45, 2.75) is 19.4 Å². The van der Waals surface area contributed by atoms with Crippen molar-refractivity contribution in [3.63, 3.8) is 0 Å². The third-order valence-corrected chi connectivity index (χ3v) is 2.69. The molecule has 2 aromatic heterocycles. The highest BCUT2D eigenvalue weighted by Gasteiger charge is 2.14. The van der Waals surface area contributed by atoms with Crippen LogP contribution in [-0.4, -0.2) is 11.9 Å². The molecule has 0 aliphatic heterocycles. The Morgan fingerprint density at radius 2 is 2.29 bits per heavy atom. The number of amides is 1. The van der Waals surface area contributed by atoms with Crippen LogP contribution in [0.4, 0.5) is 0 Å². The van der Waals surface area contributed by atoms with Gasteiger partial charge in [-0.05, 0) is 47.1 Å². The van der Waals surface area contributed by atoms with Crippen LogP contribution in [0.5, 0.6) is 0 Å². The van der Waals surface area contributed by atoms with Crippen LogP contribution in [0.1, 0.15) is 23.2 Å². The number of carbonyl (C=O) groups excluding carboxylic acids is 1. The zero-order valence-electron chi connectivity index (χ0n) is 9.27. The minimum Gasteiger partial charge on any atom is -0.469 e. The Balaban J connectivity index is 1.90. The predicted molar refractivity (Wildman–Crippen MR) is 65.7 cm³/mol. The number of halogens is 1. The average molecular weight is 298 g/mol. The van der Waals surface area contributed by atoms with Crippen molar-refractivity contribution in [3.05, 3.63) is 46.7 Å². The lowest BCUT2D eigenvalue weighted by atomic mass is 10.2. The lowest BCUT2D eigenvalue weighted by molar-refractivity contribution is 0.0910. The zero-order chi connectivity index (χ0) is 12.3. The second kappa shape index (κ2) is 5.23. The summed E-state index contributed by atoms with van der Waals surface area (Å²) in [5.74, 6) is 0.913. The topological polar surface area (TPSA) is 55.4 Å². The van der Waals surface area contributed by atoms with E-state index in [0.717, 1.165) is 5.76 Å². The Bertz CT molecular complexity index is 490. The molecule has 0 aromatic carbocycles. The summed E-state index contributed by atoms with van der Waals surface area (Å²) in [5.41, 5.74) is 0. The number of rotatable bonds is 4. The molecule has 17 heavy (non-hydrogen) atoms. The van der Waals surface area contributed by atoms with Crippen LogP contribution in [0.25, 0.3) is 0 Å². The van der Waals surface area contributed by atoms with Crippen LogP contribution in [0.2, 0.25) is 0 Å². The Hall–Kier alpha value is -1.49. The molecule has 0 aliphatic carbocycles. The predicted octanol–water partition coefficient (Wildman–Crippen LogP) is 3.00. The average Bonchev–Trinajstić information content (AvgIpc) is 2.89. The van der Waals surface area contributed by atoms with Crippen LogP contribution in [-0.2, 0) is 6.42 Å². The van der Waals surface area contributed by atoms with Crippen molar-refractivity contribution in [1.29, 1.82) is 0 Å². The molecule has 90 valence electrons. The lowest BCUT2D eigenvalue weighted by Crippen LogP contribution is -2.33. The molecule has 2 aromatic rings. The van der Waals surface area contributed by atoms with Crippen molar-refractivity contribution >= 4 is 21.8 Å². The Kier molecular flexibility index (Phi) is 3.68. The van der Waals surface area contributed by atoms with Crippen molar-refractivity contribution in [2.24, 2.45) is 0 Å². The molecular weight excluding hydrogens is 286 g/mol. The summed E-state index contributed by atoms with van der Waals surface area (Å²) in [5, 5.41) is 2.83. The molecule has 5 heteroatoms. The molecule has 1 atom stereocenters. The minimum absolute atomic E-state index is 0.0162. The van der Waals surface area contributed by atoms with Crippen LogP contribution < -0.4 is 5.32 Å². The summed E-state index contributed by atoms with van der Waals surface area (Å²) in [6.45, 7) is 1.92. The van der Waals surface area contributed by atoms with Crippen LogP contribution >= 0.6 is 15.9 Å². The SMILES string of the molecule is C[C@H](Cc1ccco1)NC(=O)c1ccc(Br)o1. The van der Waals surface area contributed by atoms with Gasteiger partial charge in [0.25, 0.3) is 5.91 Å². The molecule has 0 saturated carbocycles. The molecule has 1 N–H and O–H groups in total. The lowest BCUT2D eigenvalue weighted by Gasteiger charge is -2.10. The van der Waals surface area contributed by atoms with Gasteiger partial charge in [-0.3, -0.25) is 4.79 Å². The van der Waals surface area contributed by atoms with Gasteiger partial charge in [0, 0.05) is 12.5 Å². The van der Waals surface area contributed by atoms with E-state index in [9.17, 15) is 4.79 Å². The molecule has 2 rings (SSSR count). The fourth-order valence-corrected chi connectivity index (χ4v) is 1.82. The fraction of sp³-hybridized carbons (Fsp3) is 0.250. The van der Waals surface area contributed by atoms with E-state index in [1.807, 2.05) is 19.1 Å². The first kappa shape index (κ1) is 12.0. The highest BCUT2D eigenvalue weighted by molar-refractivity contribution is 9.10. The first-order valence-corrected chi connectivity index (χ1v) is 6.03. The summed E-state index contributed by atoms with van der Waals surface area (Å²) in [6.07, 6.45) is 2.27. The second-order valence-electron chi connectivity index (χ2n) is 3.76. The van der Waals surface area contributed by atoms with E-state index in [2.05, 4.69) is 21.2 Å². The van der Waals surface area contributed by atoms with Gasteiger partial charge < -0.3 is 14.2 Å². The first-order valence-electron chi connectivity index (χ1n) is 5.24. The summed E-state index contributed by atoms with van der Waals surface area (Å²) in [4.78, 5) is 11.7. The van der Waals surface area contributed by atoms with Crippen LogP contribution in [0.15, 0.2) is 44.0 Å². The summed E-state index contributed by atoms with van der Waals surface area (Å²) < 4.78 is 10.9. The maximum Gasteiger partial charge on any atom is 0.287 e. The Morgan fingerprint density at radius 3 is 2.88 bits per heavy atom. The van der Waals surface area contributed by atoms with Gasteiger partial charge in [-0.2, -0.15) is 0 Å². The highest BCUT2D eigenvalue weighted by atomic mass is 79.9. The van der Waals surface area contributed by atoms with E-state index in [1.54, 1.807) is 18.4 Å². The largest absolute Gasteiger partial charge is 0.469 e. The van der Waals surface area contributed by atoms with Gasteiger partial charge in [-0.15, -0.1) is 0 Å². The smallest absolute Gasteiger partial charge is 0.287 e. The van der Waals surface area contributed by atoms with E-state index < -0.39 is 0 Å². The molecule has 0 aliphatic rings. The van der Waals surface area contributed by atoms with Gasteiger partial charge in [-0.1, -0.05) is 0 Å². The first-order chi connectivity index (χ1) is 8.15. The quantitative estimate of drug-likeness (QED) is 0.944. The van der Waals surface area contributed by atoms with Crippen molar-refractivity contribution in [3.8, 4) is 0 Å². The third-order valence-electron chi connectivity index (χ3n) is 2.26. The minimum atomic E-state index is -0.227. The van der Waals surface area contributed by atoms with Gasteiger partial charge in [0.1, 0.15) is 5.76 Å². The van der Waals surface area contributed by atoms with Gasteiger partial charge in [0.2, 0.25) is 0 Å². The molecule has 0 fully saturated rings. The molecule has 0 unspecified atom stereocenters. The highest BCUT2D eigenvalue weighted by Crippen LogP contribution is 2.14. The summed E-state index contributed by atoms with van der Waals surface area (Å²) in [7, 11) is 0. The molecule has 2 heterocycles. The molecule has 0 spiro atoms. The van der Waals surface area contributed by atoms with E-state index in [0.29, 0.717) is 16.9 Å². The van der Waals surface area contributed by atoms with Crippen molar-refractivity contribution in [1.82, 2.24) is 5.32 Å². The Morgan fingerprint density at radius 1 is 1.47 bits per heavy atom. The van der Waals surface area contributed by atoms with Crippen LogP contribution in [0, 0.1) is 0 Å². The van der Waals surface area contributed by atoms with Gasteiger partial charge in [0.05, 0.1) is 6.26 Å². The molecule has 0 bridgehead atoms. The van der Waals surface area contributed by atoms with Gasteiger partial charge >= 0.3 is 0 Å². The zero-order valence-corrected chi connectivity index (χ0v) is 10.9. The van der Waals surface area contributed by atoms with Crippen LogP contribution in [0.3, 0.4) is 0 Å². The standard InChI is InChI=1S/C12H12BrNO3/c1-8(7-9-3-2-6-16-9)14-12(15)10-4-5-11(13)17-10/h2-6,8H,7H2,1H3,(H,14,15)/t8-/m1/s1. The van der Waals surface area contributed by atoms with E-state index >= 15 is 0 Å². The van der Waals surface area contributed by atoms with Crippen molar-refractivity contribution in [2.75, 3.05) is 0 Å². The third kappa shape index (κ3) is 3.23. The molecular formula is C12H12BrNO3. The monoisotopic (exact) mass is 297 g/mol. The summed E-state index contributed by atoms with van der Waals surface area (Å²) in [6, 6.07) is 7.00. The van der Waals surface area contributed by atoms with E-state index in [1.165, 1.54) is 0 Å². The summed E-state index contributed by atoms with van der Waals surface area (Å²) >= 11 is 3.15. The number of furan rings is 2. The molecule has 4 nitrogen and oxygen atoms in total. The molecule has 0 saturated heterocycles. The Labute approximate surface area is 107 Å². The van der Waals surface area contributed by atoms with Crippen molar-refractivity contribution < 1.29 is 13.6 Å². The molecule has 1 amide bonds. The maximum absolute atomic E-state index is 11.7. The normalized spacial score (nSPS) is 12.4. The maximum atomic E-state index is 11.7. The number of hydrogen-bond acceptors (Lipinski definition) is 3. The molecule has 0 radical (unpaired) electrons.